The Balaban J connectivity index is 1.64. The number of piperazine rings is 2. The molecule has 0 amide bonds. The smallest absolute Gasteiger partial charge is 0.0958 e. The van der Waals surface area contributed by atoms with Crippen LogP contribution in [0.25, 0.3) is 5.70 Å². The van der Waals surface area contributed by atoms with Gasteiger partial charge in [-0.25, -0.2) is 0 Å². The van der Waals surface area contributed by atoms with E-state index >= 15 is 0 Å². The second-order valence-electron chi connectivity index (χ2n) is 9.55. The molecule has 5 heteroatoms. The summed E-state index contributed by atoms with van der Waals surface area (Å²) in [5, 5.41) is 0. The molecular weight excluding hydrogens is 406 g/mol. The predicted molar refractivity (Wildman–Crippen MR) is 143 cm³/mol. The first kappa shape index (κ1) is 25.4. The van der Waals surface area contributed by atoms with E-state index in [9.17, 15) is 0 Å². The Morgan fingerprint density at radius 1 is 0.879 bits per heavy atom. The van der Waals surface area contributed by atoms with Gasteiger partial charge < -0.3 is 14.7 Å². The minimum Gasteiger partial charge on any atom is -0.372 e. The fourth-order valence-corrected chi connectivity index (χ4v) is 5.10. The fourth-order valence-electron chi connectivity index (χ4n) is 5.10. The van der Waals surface area contributed by atoms with E-state index in [2.05, 4.69) is 90.9 Å². The van der Waals surface area contributed by atoms with Crippen molar-refractivity contribution >= 4 is 11.5 Å². The van der Waals surface area contributed by atoms with Crippen LogP contribution in [0.1, 0.15) is 56.4 Å². The average Bonchev–Trinajstić information content (AvgIpc) is 2.81. The van der Waals surface area contributed by atoms with Crippen molar-refractivity contribution in [1.29, 1.82) is 0 Å². The summed E-state index contributed by atoms with van der Waals surface area (Å²) in [6.45, 7) is 28.1. The zero-order chi connectivity index (χ0) is 24.0. The van der Waals surface area contributed by atoms with Crippen LogP contribution in [0.15, 0.2) is 35.5 Å². The molecule has 0 N–H and O–H groups in total. The third-order valence-electron chi connectivity index (χ3n) is 7.26. The van der Waals surface area contributed by atoms with Gasteiger partial charge in [-0.15, -0.1) is 0 Å². The molecule has 33 heavy (non-hydrogen) atoms. The molecule has 0 atom stereocenters. The molecule has 182 valence electrons. The summed E-state index contributed by atoms with van der Waals surface area (Å²) in [7, 11) is 0. The van der Waals surface area contributed by atoms with Crippen LogP contribution in [0.3, 0.4) is 0 Å². The summed E-state index contributed by atoms with van der Waals surface area (Å²) in [6, 6.07) is 4.77. The molecule has 2 saturated heterocycles. The molecule has 0 aliphatic carbocycles. The van der Waals surface area contributed by atoms with Crippen LogP contribution in [-0.4, -0.2) is 84.3 Å². The molecule has 0 unspecified atom stereocenters. The summed E-state index contributed by atoms with van der Waals surface area (Å²) in [5.41, 5.74) is 8.07. The van der Waals surface area contributed by atoms with Crippen LogP contribution in [0.2, 0.25) is 0 Å². The SMILES string of the molecule is C=C(c1cc(CN2CCN(/C(C)=N/CC)CC2)c(C)cc1C)N1CCN(/C(C)=C/CC)CC1. The lowest BCUT2D eigenvalue weighted by atomic mass is 9.97. The van der Waals surface area contributed by atoms with Gasteiger partial charge in [0.25, 0.3) is 0 Å². The minimum atomic E-state index is 0.866. The van der Waals surface area contributed by atoms with Crippen LogP contribution in [0.5, 0.6) is 0 Å². The Morgan fingerprint density at radius 3 is 2.09 bits per heavy atom. The van der Waals surface area contributed by atoms with E-state index in [1.165, 1.54) is 39.5 Å². The first-order valence-corrected chi connectivity index (χ1v) is 12.8. The number of aliphatic imine (C=N–C) groups is 1. The van der Waals surface area contributed by atoms with E-state index in [4.69, 9.17) is 0 Å². The van der Waals surface area contributed by atoms with Gasteiger partial charge in [-0.1, -0.05) is 25.6 Å². The van der Waals surface area contributed by atoms with Gasteiger partial charge in [0, 0.05) is 82.4 Å². The molecule has 0 saturated carbocycles. The number of nitrogens with zero attached hydrogens (tertiary/aromatic N) is 5. The number of amidine groups is 1. The van der Waals surface area contributed by atoms with Gasteiger partial charge in [-0.3, -0.25) is 9.89 Å². The molecule has 2 heterocycles. The van der Waals surface area contributed by atoms with Crippen molar-refractivity contribution in [1.82, 2.24) is 19.6 Å². The molecule has 0 aromatic heterocycles. The molecule has 5 nitrogen and oxygen atoms in total. The highest BCUT2D eigenvalue weighted by Gasteiger charge is 2.22. The molecule has 1 aromatic rings. The lowest BCUT2D eigenvalue weighted by molar-refractivity contribution is 0.174. The summed E-state index contributed by atoms with van der Waals surface area (Å²) in [6.07, 6.45) is 3.43. The third kappa shape index (κ3) is 6.41. The molecule has 2 aliphatic rings. The summed E-state index contributed by atoms with van der Waals surface area (Å²) < 4.78 is 0. The molecule has 2 aliphatic heterocycles. The van der Waals surface area contributed by atoms with Gasteiger partial charge >= 0.3 is 0 Å². The van der Waals surface area contributed by atoms with Crippen molar-refractivity contribution in [2.24, 2.45) is 4.99 Å². The first-order valence-electron chi connectivity index (χ1n) is 12.8. The summed E-state index contributed by atoms with van der Waals surface area (Å²) >= 11 is 0. The largest absolute Gasteiger partial charge is 0.372 e. The fraction of sp³-hybridized carbons (Fsp3) is 0.607. The number of hydrogen-bond acceptors (Lipinski definition) is 4. The van der Waals surface area contributed by atoms with Crippen molar-refractivity contribution in [2.75, 3.05) is 58.9 Å². The van der Waals surface area contributed by atoms with Crippen LogP contribution in [-0.2, 0) is 6.54 Å². The first-order chi connectivity index (χ1) is 15.8. The standard InChI is InChI=1S/C28H45N5/c1-8-10-24(5)31-15-17-32(18-16-31)25(6)28-20-27(22(3)19-23(28)4)21-30-11-13-33(14-12-30)26(7)29-9-2/h10,19-20H,6,8-9,11-18,21H2,1-5,7H3/b24-10+,29-26+. The highest BCUT2D eigenvalue weighted by molar-refractivity contribution is 5.79. The number of hydrogen-bond donors (Lipinski definition) is 0. The third-order valence-corrected chi connectivity index (χ3v) is 7.26. The van der Waals surface area contributed by atoms with Crippen LogP contribution < -0.4 is 0 Å². The highest BCUT2D eigenvalue weighted by Crippen LogP contribution is 2.27. The molecular formula is C28H45N5. The zero-order valence-corrected chi connectivity index (χ0v) is 22.0. The van der Waals surface area contributed by atoms with Crippen molar-refractivity contribution in [3.63, 3.8) is 0 Å². The number of allylic oxidation sites excluding steroid dienone is 2. The molecule has 3 rings (SSSR count). The maximum atomic E-state index is 4.58. The minimum absolute atomic E-state index is 0.866. The van der Waals surface area contributed by atoms with Crippen molar-refractivity contribution < 1.29 is 0 Å². The Bertz CT molecular complexity index is 869. The topological polar surface area (TPSA) is 25.3 Å². The lowest BCUT2D eigenvalue weighted by Gasteiger charge is -2.39. The lowest BCUT2D eigenvalue weighted by Crippen LogP contribution is -2.47. The van der Waals surface area contributed by atoms with E-state index in [1.54, 1.807) is 0 Å². The number of rotatable bonds is 7. The Labute approximate surface area is 202 Å². The van der Waals surface area contributed by atoms with Gasteiger partial charge in [0.2, 0.25) is 0 Å². The Kier molecular flexibility index (Phi) is 9.02. The van der Waals surface area contributed by atoms with Crippen molar-refractivity contribution in [2.45, 2.75) is 54.5 Å². The van der Waals surface area contributed by atoms with Crippen LogP contribution >= 0.6 is 0 Å². The van der Waals surface area contributed by atoms with E-state index in [0.717, 1.165) is 71.9 Å². The molecule has 1 aromatic carbocycles. The van der Waals surface area contributed by atoms with E-state index in [1.807, 2.05) is 0 Å². The quantitative estimate of drug-likeness (QED) is 0.441. The zero-order valence-electron chi connectivity index (χ0n) is 22.0. The maximum Gasteiger partial charge on any atom is 0.0958 e. The van der Waals surface area contributed by atoms with Gasteiger partial charge in [0.15, 0.2) is 0 Å². The summed E-state index contributed by atoms with van der Waals surface area (Å²) in [4.78, 5) is 14.6. The van der Waals surface area contributed by atoms with E-state index in [0.29, 0.717) is 0 Å². The normalized spacial score (nSPS) is 18.8. The number of benzene rings is 1. The van der Waals surface area contributed by atoms with Gasteiger partial charge in [-0.05, 0) is 63.8 Å². The van der Waals surface area contributed by atoms with Gasteiger partial charge in [0.05, 0.1) is 5.84 Å². The predicted octanol–water partition coefficient (Wildman–Crippen LogP) is 4.76. The second kappa shape index (κ2) is 11.7. The van der Waals surface area contributed by atoms with E-state index in [-0.39, 0.29) is 0 Å². The van der Waals surface area contributed by atoms with E-state index < -0.39 is 0 Å². The average molecular weight is 452 g/mol. The van der Waals surface area contributed by atoms with Gasteiger partial charge in [-0.2, -0.15) is 0 Å². The maximum absolute atomic E-state index is 4.58. The monoisotopic (exact) mass is 451 g/mol. The number of aryl methyl sites for hydroxylation is 2. The molecule has 0 spiro atoms. The van der Waals surface area contributed by atoms with Crippen LogP contribution in [0.4, 0.5) is 0 Å². The van der Waals surface area contributed by atoms with Crippen LogP contribution in [0, 0.1) is 13.8 Å². The molecule has 0 bridgehead atoms. The Hall–Kier alpha value is -2.27. The van der Waals surface area contributed by atoms with Crippen molar-refractivity contribution in [3.05, 3.63) is 52.7 Å². The highest BCUT2D eigenvalue weighted by atomic mass is 15.3. The Morgan fingerprint density at radius 2 is 1.48 bits per heavy atom. The second-order valence-corrected chi connectivity index (χ2v) is 9.55. The van der Waals surface area contributed by atoms with Gasteiger partial charge in [0.1, 0.15) is 0 Å². The van der Waals surface area contributed by atoms with Crippen molar-refractivity contribution in [3.8, 4) is 0 Å². The molecule has 2 fully saturated rings. The molecule has 0 radical (unpaired) electrons. The summed E-state index contributed by atoms with van der Waals surface area (Å²) in [5.74, 6) is 1.18.